The number of fused-ring (bicyclic) bond motifs is 1. The van der Waals surface area contributed by atoms with Crippen LogP contribution in [0.1, 0.15) is 31.2 Å². The fourth-order valence-corrected chi connectivity index (χ4v) is 5.94. The summed E-state index contributed by atoms with van der Waals surface area (Å²) in [6.45, 7) is 4.50. The number of nitriles is 2. The minimum Gasteiger partial charge on any atom is -0.744 e. The van der Waals surface area contributed by atoms with Gasteiger partial charge in [-0.15, -0.1) is 9.89 Å². The van der Waals surface area contributed by atoms with Crippen LogP contribution < -0.4 is 118 Å². The average molecular weight is 780 g/mol. The molecule has 1 aliphatic heterocycles. The molecule has 1 aromatic heterocycles. The van der Waals surface area contributed by atoms with Crippen molar-refractivity contribution in [1.29, 1.82) is 10.5 Å². The summed E-state index contributed by atoms with van der Waals surface area (Å²) in [6, 6.07) is 19.0. The molecule has 0 spiro atoms. The van der Waals surface area contributed by atoms with E-state index in [0.717, 1.165) is 23.4 Å². The summed E-state index contributed by atoms with van der Waals surface area (Å²) in [5, 5.41) is 29.9. The van der Waals surface area contributed by atoms with E-state index in [1.54, 1.807) is 24.3 Å². The number of nitrogens with zero attached hydrogens (tertiary/aromatic N) is 8. The molecule has 0 bridgehead atoms. The first kappa shape index (κ1) is 43.0. The van der Waals surface area contributed by atoms with E-state index in [4.69, 9.17) is 20.3 Å². The van der Waals surface area contributed by atoms with Gasteiger partial charge in [0.25, 0.3) is 0 Å². The Hall–Kier alpha value is -2.39. The Morgan fingerprint density at radius 3 is 2.06 bits per heavy atom. The van der Waals surface area contributed by atoms with Gasteiger partial charge in [0.05, 0.1) is 46.2 Å². The van der Waals surface area contributed by atoms with Crippen molar-refractivity contribution in [2.75, 3.05) is 30.0 Å². The first-order chi connectivity index (χ1) is 23.3. The molecule has 0 saturated carbocycles. The third kappa shape index (κ3) is 11.1. The minimum atomic E-state index is -5.05. The van der Waals surface area contributed by atoms with Crippen LogP contribution in [-0.4, -0.2) is 72.1 Å². The van der Waals surface area contributed by atoms with E-state index in [1.807, 2.05) is 36.9 Å². The molecule has 0 amide bonds. The van der Waals surface area contributed by atoms with Crippen LogP contribution in [0.5, 0.6) is 5.75 Å². The minimum absolute atomic E-state index is 0. The van der Waals surface area contributed by atoms with Crippen molar-refractivity contribution >= 4 is 48.7 Å². The zero-order valence-corrected chi connectivity index (χ0v) is 35.9. The zero-order chi connectivity index (χ0) is 35.3. The number of benzene rings is 3. The van der Waals surface area contributed by atoms with Gasteiger partial charge in [0, 0.05) is 30.0 Å². The first-order valence-corrected chi connectivity index (χ1v) is 17.3. The predicted molar refractivity (Wildman–Crippen MR) is 176 cm³/mol. The second-order valence-electron chi connectivity index (χ2n) is 10.7. The van der Waals surface area contributed by atoms with Crippen LogP contribution >= 0.6 is 0 Å². The number of aromatic nitrogens is 3. The van der Waals surface area contributed by atoms with Gasteiger partial charge >= 0.3 is 103 Å². The molecule has 0 unspecified atom stereocenters. The van der Waals surface area contributed by atoms with E-state index in [9.17, 15) is 25.9 Å². The van der Waals surface area contributed by atoms with Gasteiger partial charge in [-0.25, -0.2) is 26.8 Å². The first-order valence-electron chi connectivity index (χ1n) is 14.5. The standard InChI is InChI=1S/C31H29N9O7S2.2K/c1-20-15-24(39(13-3-11-32)14-4-12-33)9-10-28(20)35-29-21(2)37-40-31(29)36-30(38-40)22-5-7-23(8-6-22)34-19-47-25-16-26(48(41,42)43)18-27(17-25)49(44,45)46;;/h5-10,15-18,34H,3-4,13-14,19H2,1-2H3,(H,41,42,43)(H,44,45,46);;/q;2*+1/p-2. The van der Waals surface area contributed by atoms with Gasteiger partial charge in [-0.1, -0.05) is 0 Å². The van der Waals surface area contributed by atoms with Crippen molar-refractivity contribution in [2.45, 2.75) is 36.5 Å². The predicted octanol–water partition coefficient (Wildman–Crippen LogP) is -2.49. The van der Waals surface area contributed by atoms with Crippen molar-refractivity contribution in [3.05, 3.63) is 72.1 Å². The van der Waals surface area contributed by atoms with Crippen LogP contribution in [0.2, 0.25) is 0 Å². The van der Waals surface area contributed by atoms with E-state index < -0.39 is 30.0 Å². The van der Waals surface area contributed by atoms with Crippen LogP contribution in [0.4, 0.5) is 17.1 Å². The second kappa shape index (κ2) is 18.6. The van der Waals surface area contributed by atoms with Crippen molar-refractivity contribution in [3.8, 4) is 29.3 Å². The molecule has 16 nitrogen and oxygen atoms in total. The molecular weight excluding hydrogens is 753 g/mol. The monoisotopic (exact) mass is 779 g/mol. The van der Waals surface area contributed by atoms with Crippen molar-refractivity contribution < 1.29 is 133 Å². The van der Waals surface area contributed by atoms with E-state index >= 15 is 0 Å². The molecular formula is C31H27K2N9O7S2. The van der Waals surface area contributed by atoms with Gasteiger partial charge in [-0.05, 0) is 80.1 Å². The topological polar surface area (TPSA) is 242 Å². The zero-order valence-electron chi connectivity index (χ0n) is 28.1. The molecule has 0 radical (unpaired) electrons. The molecule has 1 N–H and O–H groups in total. The Bertz CT molecular complexity index is 2210. The second-order valence-corrected chi connectivity index (χ2v) is 13.4. The SMILES string of the molecule is CC1=Nn2nc(-c3ccc(NCOc4cc(S(=O)(=O)[O-])cc(S(=O)(=O)[O-])c4)cc3)nc2C1=Nc1ccc(N(CCC#N)CCC#N)cc1C.[K+].[K+]. The molecule has 0 atom stereocenters. The molecule has 0 saturated heterocycles. The molecule has 1 aliphatic rings. The summed E-state index contributed by atoms with van der Waals surface area (Å²) in [5.74, 6) is 0.541. The van der Waals surface area contributed by atoms with Crippen LogP contribution in [0.15, 0.2) is 80.5 Å². The molecule has 5 rings (SSSR count). The van der Waals surface area contributed by atoms with Gasteiger partial charge in [0.1, 0.15) is 31.7 Å². The van der Waals surface area contributed by atoms with Gasteiger partial charge in [-0.3, -0.25) is 0 Å². The van der Waals surface area contributed by atoms with Crippen LogP contribution in [-0.2, 0) is 20.2 Å². The van der Waals surface area contributed by atoms with Gasteiger partial charge in [0.2, 0.25) is 5.82 Å². The molecule has 2 heterocycles. The Morgan fingerprint density at radius 2 is 1.51 bits per heavy atom. The quantitative estimate of drug-likeness (QED) is 0.0840. The summed E-state index contributed by atoms with van der Waals surface area (Å²) in [7, 11) is -10.1. The average Bonchev–Trinajstić information content (AvgIpc) is 3.59. The molecule has 252 valence electrons. The molecule has 4 aromatic rings. The Labute approximate surface area is 380 Å². The van der Waals surface area contributed by atoms with Gasteiger partial charge < -0.3 is 24.1 Å². The van der Waals surface area contributed by atoms with E-state index in [2.05, 4.69) is 32.6 Å². The van der Waals surface area contributed by atoms with Crippen molar-refractivity contribution in [1.82, 2.24) is 14.9 Å². The maximum Gasteiger partial charge on any atom is 1.00 e. The number of hydrogen-bond donors (Lipinski definition) is 1. The summed E-state index contributed by atoms with van der Waals surface area (Å²) in [4.78, 5) is 11.1. The summed E-state index contributed by atoms with van der Waals surface area (Å²) < 4.78 is 73.8. The molecule has 0 fully saturated rings. The maximum atomic E-state index is 11.4. The van der Waals surface area contributed by atoms with Crippen LogP contribution in [0, 0.1) is 29.6 Å². The Kier molecular flexibility index (Phi) is 15.7. The summed E-state index contributed by atoms with van der Waals surface area (Å²) >= 11 is 0. The number of ether oxygens (including phenoxy) is 1. The fourth-order valence-electron chi connectivity index (χ4n) is 4.81. The molecule has 0 aliphatic carbocycles. The largest absolute Gasteiger partial charge is 1.00 e. The number of aryl methyl sites for hydroxylation is 1. The number of anilines is 2. The van der Waals surface area contributed by atoms with Crippen LogP contribution in [0.3, 0.4) is 0 Å². The summed E-state index contributed by atoms with van der Waals surface area (Å²) in [6.07, 6.45) is 0.678. The van der Waals surface area contributed by atoms with Gasteiger partial charge in [-0.2, -0.15) is 15.6 Å². The normalized spacial score (nSPS) is 12.8. The van der Waals surface area contributed by atoms with Crippen molar-refractivity contribution in [2.24, 2.45) is 10.1 Å². The Balaban J connectivity index is 0.00000351. The summed E-state index contributed by atoms with van der Waals surface area (Å²) in [5.41, 5.74) is 4.90. The molecule has 51 heavy (non-hydrogen) atoms. The molecule has 3 aromatic carbocycles. The van der Waals surface area contributed by atoms with Crippen LogP contribution in [0.25, 0.3) is 11.4 Å². The van der Waals surface area contributed by atoms with E-state index in [0.29, 0.717) is 72.0 Å². The fraction of sp³-hybridized carbons (Fsp3) is 0.226. The van der Waals surface area contributed by atoms with E-state index in [1.165, 1.54) is 4.79 Å². The Morgan fingerprint density at radius 1 is 0.902 bits per heavy atom. The number of rotatable bonds is 13. The smallest absolute Gasteiger partial charge is 0.744 e. The van der Waals surface area contributed by atoms with Crippen molar-refractivity contribution in [3.63, 3.8) is 0 Å². The molecule has 20 heteroatoms. The van der Waals surface area contributed by atoms with E-state index in [-0.39, 0.29) is 115 Å². The third-order valence-corrected chi connectivity index (χ3v) is 8.87. The number of hydrogen-bond acceptors (Lipinski definition) is 15. The number of nitrogens with one attached hydrogen (secondary N) is 1. The third-order valence-electron chi connectivity index (χ3n) is 7.24. The maximum absolute atomic E-state index is 11.4. The number of aliphatic imine (C=N–C) groups is 1. The van der Waals surface area contributed by atoms with Gasteiger partial charge in [0.15, 0.2) is 12.6 Å².